The highest BCUT2D eigenvalue weighted by Gasteiger charge is 2.52. The number of rotatable bonds is 2. The minimum absolute atomic E-state index is 0.0182. The van der Waals surface area contributed by atoms with Gasteiger partial charge in [-0.15, -0.1) is 0 Å². The first-order chi connectivity index (χ1) is 8.86. The summed E-state index contributed by atoms with van der Waals surface area (Å²) < 4.78 is 0. The third kappa shape index (κ3) is 2.38. The zero-order chi connectivity index (χ0) is 14.2. The maximum atomic E-state index is 12.1. The summed E-state index contributed by atoms with van der Waals surface area (Å²) in [5, 5.41) is 9.58. The predicted octanol–water partition coefficient (Wildman–Crippen LogP) is 1.80. The first-order valence-corrected chi connectivity index (χ1v) is 6.96. The average Bonchev–Trinajstić information content (AvgIpc) is 2.30. The average molecular weight is 267 g/mol. The Morgan fingerprint density at radius 2 is 1.58 bits per heavy atom. The van der Waals surface area contributed by atoms with E-state index in [9.17, 15) is 19.5 Å². The highest BCUT2D eigenvalue weighted by atomic mass is 16.4. The molecule has 1 aliphatic carbocycles. The maximum absolute atomic E-state index is 12.1. The van der Waals surface area contributed by atoms with Gasteiger partial charge in [-0.05, 0) is 37.5 Å². The quantitative estimate of drug-likeness (QED) is 0.774. The van der Waals surface area contributed by atoms with E-state index in [1.54, 1.807) is 0 Å². The molecule has 0 aromatic carbocycles. The Kier molecular flexibility index (Phi) is 3.65. The van der Waals surface area contributed by atoms with E-state index in [-0.39, 0.29) is 30.6 Å². The smallest absolute Gasteiger partial charge is 0.330 e. The lowest BCUT2D eigenvalue weighted by atomic mass is 9.74. The molecule has 106 valence electrons. The van der Waals surface area contributed by atoms with Crippen molar-refractivity contribution in [1.82, 2.24) is 4.90 Å². The molecular formula is C14H21NO4. The number of piperidine rings is 1. The molecule has 1 N–H and O–H groups in total. The summed E-state index contributed by atoms with van der Waals surface area (Å²) in [7, 11) is 0. The van der Waals surface area contributed by atoms with Crippen LogP contribution in [0, 0.1) is 11.8 Å². The van der Waals surface area contributed by atoms with Crippen molar-refractivity contribution in [1.29, 1.82) is 0 Å². The van der Waals surface area contributed by atoms with Crippen molar-refractivity contribution in [2.75, 3.05) is 0 Å². The number of carboxylic acids is 1. The number of carboxylic acid groups (broad SMARTS) is 1. The molecule has 5 nitrogen and oxygen atoms in total. The van der Waals surface area contributed by atoms with Crippen LogP contribution in [0.2, 0.25) is 0 Å². The molecule has 0 unspecified atom stereocenters. The summed E-state index contributed by atoms with van der Waals surface area (Å²) in [5.41, 5.74) is -1.29. The van der Waals surface area contributed by atoms with Crippen molar-refractivity contribution in [2.45, 2.75) is 57.9 Å². The molecule has 1 aliphatic heterocycles. The minimum Gasteiger partial charge on any atom is -0.479 e. The number of imide groups is 1. The Morgan fingerprint density at radius 1 is 1.11 bits per heavy atom. The molecule has 2 aliphatic rings. The van der Waals surface area contributed by atoms with Gasteiger partial charge in [-0.3, -0.25) is 14.5 Å². The summed E-state index contributed by atoms with van der Waals surface area (Å²) in [6, 6.07) is 0. The van der Waals surface area contributed by atoms with Crippen molar-refractivity contribution in [3.05, 3.63) is 0 Å². The lowest BCUT2D eigenvalue weighted by Crippen LogP contribution is -2.62. The summed E-state index contributed by atoms with van der Waals surface area (Å²) in [4.78, 5) is 37.1. The second kappa shape index (κ2) is 4.94. The van der Waals surface area contributed by atoms with Crippen molar-refractivity contribution in [3.8, 4) is 0 Å². The van der Waals surface area contributed by atoms with E-state index in [2.05, 4.69) is 6.92 Å². The van der Waals surface area contributed by atoms with E-state index in [4.69, 9.17) is 0 Å². The van der Waals surface area contributed by atoms with Crippen molar-refractivity contribution >= 4 is 17.8 Å². The summed E-state index contributed by atoms with van der Waals surface area (Å²) in [6.45, 7) is 3.93. The predicted molar refractivity (Wildman–Crippen MR) is 68.2 cm³/mol. The molecule has 0 radical (unpaired) electrons. The molecular weight excluding hydrogens is 246 g/mol. The van der Waals surface area contributed by atoms with Crippen molar-refractivity contribution in [2.24, 2.45) is 11.8 Å². The van der Waals surface area contributed by atoms with E-state index in [1.807, 2.05) is 6.92 Å². The van der Waals surface area contributed by atoms with E-state index in [0.717, 1.165) is 17.7 Å². The Balaban J connectivity index is 2.31. The molecule has 2 fully saturated rings. The van der Waals surface area contributed by atoms with Gasteiger partial charge >= 0.3 is 5.97 Å². The van der Waals surface area contributed by atoms with Crippen LogP contribution in [0.4, 0.5) is 0 Å². The highest BCUT2D eigenvalue weighted by molar-refractivity contribution is 6.03. The number of aliphatic carboxylic acids is 1. The Morgan fingerprint density at radius 3 is 2.00 bits per heavy atom. The first kappa shape index (κ1) is 14.0. The maximum Gasteiger partial charge on any atom is 0.330 e. The first-order valence-electron chi connectivity index (χ1n) is 6.96. The van der Waals surface area contributed by atoms with E-state index >= 15 is 0 Å². The van der Waals surface area contributed by atoms with Gasteiger partial charge in [0.2, 0.25) is 11.8 Å². The van der Waals surface area contributed by atoms with Crippen LogP contribution in [0.15, 0.2) is 0 Å². The molecule has 0 spiro atoms. The van der Waals surface area contributed by atoms with Gasteiger partial charge in [-0.1, -0.05) is 13.8 Å². The second-order valence-corrected chi connectivity index (χ2v) is 6.16. The molecule has 1 saturated heterocycles. The van der Waals surface area contributed by atoms with Gasteiger partial charge < -0.3 is 5.11 Å². The number of likely N-dealkylation sites (tertiary alicyclic amines) is 1. The number of nitrogens with zero attached hydrogens (tertiary/aromatic N) is 1. The van der Waals surface area contributed by atoms with Crippen LogP contribution in [0.5, 0.6) is 0 Å². The number of carbonyl (C=O) groups excluding carboxylic acids is 2. The number of amides is 2. The largest absolute Gasteiger partial charge is 0.479 e. The third-order valence-electron chi connectivity index (χ3n) is 4.47. The van der Waals surface area contributed by atoms with Crippen LogP contribution in [-0.2, 0) is 14.4 Å². The van der Waals surface area contributed by atoms with Gasteiger partial charge in [0.05, 0.1) is 0 Å². The van der Waals surface area contributed by atoms with Crippen LogP contribution in [0.1, 0.15) is 52.4 Å². The monoisotopic (exact) mass is 267 g/mol. The van der Waals surface area contributed by atoms with Gasteiger partial charge in [0, 0.05) is 12.8 Å². The lowest BCUT2D eigenvalue weighted by molar-refractivity contribution is -0.173. The Bertz CT molecular complexity index is 392. The van der Waals surface area contributed by atoms with E-state index in [0.29, 0.717) is 18.8 Å². The zero-order valence-electron chi connectivity index (χ0n) is 11.5. The fourth-order valence-electron chi connectivity index (χ4n) is 3.24. The summed E-state index contributed by atoms with van der Waals surface area (Å²) in [5.74, 6) is -1.19. The van der Waals surface area contributed by atoms with Crippen molar-refractivity contribution < 1.29 is 19.5 Å². The SMILES string of the molecule is CC1CCC(C(=O)O)(N2C(=O)CC(C)CC2=O)CC1. The molecule has 0 bridgehead atoms. The minimum atomic E-state index is -1.29. The van der Waals surface area contributed by atoms with Crippen LogP contribution < -0.4 is 0 Å². The molecule has 1 heterocycles. The van der Waals surface area contributed by atoms with Gasteiger partial charge in [-0.2, -0.15) is 0 Å². The number of hydrogen-bond acceptors (Lipinski definition) is 3. The van der Waals surface area contributed by atoms with Crippen LogP contribution in [0.3, 0.4) is 0 Å². The van der Waals surface area contributed by atoms with Gasteiger partial charge in [0.15, 0.2) is 0 Å². The summed E-state index contributed by atoms with van der Waals surface area (Å²) >= 11 is 0. The molecule has 2 amide bonds. The van der Waals surface area contributed by atoms with Gasteiger partial charge in [0.25, 0.3) is 0 Å². The molecule has 19 heavy (non-hydrogen) atoms. The standard InChI is InChI=1S/C14H21NO4/c1-9-3-5-14(6-4-9,13(18)19)15-11(16)7-10(2)8-12(15)17/h9-10H,3-8H2,1-2H3,(H,18,19). The molecule has 1 saturated carbocycles. The molecule has 0 aromatic rings. The lowest BCUT2D eigenvalue weighted by Gasteiger charge is -2.45. The zero-order valence-corrected chi connectivity index (χ0v) is 11.5. The molecule has 0 atom stereocenters. The van der Waals surface area contributed by atoms with Crippen LogP contribution in [-0.4, -0.2) is 33.3 Å². The Labute approximate surface area is 113 Å². The van der Waals surface area contributed by atoms with E-state index in [1.165, 1.54) is 0 Å². The van der Waals surface area contributed by atoms with Crippen molar-refractivity contribution in [3.63, 3.8) is 0 Å². The molecule has 5 heteroatoms. The highest BCUT2D eigenvalue weighted by Crippen LogP contribution is 2.39. The third-order valence-corrected chi connectivity index (χ3v) is 4.47. The van der Waals surface area contributed by atoms with Crippen LogP contribution >= 0.6 is 0 Å². The fraction of sp³-hybridized carbons (Fsp3) is 0.786. The Hall–Kier alpha value is -1.39. The number of carbonyl (C=O) groups is 3. The molecule has 0 aromatic heterocycles. The topological polar surface area (TPSA) is 74.7 Å². The normalized spacial score (nSPS) is 33.6. The van der Waals surface area contributed by atoms with E-state index < -0.39 is 11.5 Å². The molecule has 2 rings (SSSR count). The summed E-state index contributed by atoms with van der Waals surface area (Å²) in [6.07, 6.45) is 2.81. The van der Waals surface area contributed by atoms with Gasteiger partial charge in [-0.25, -0.2) is 4.79 Å². The fourth-order valence-corrected chi connectivity index (χ4v) is 3.24. The number of hydrogen-bond donors (Lipinski definition) is 1. The van der Waals surface area contributed by atoms with Gasteiger partial charge in [0.1, 0.15) is 5.54 Å². The van der Waals surface area contributed by atoms with Crippen LogP contribution in [0.25, 0.3) is 0 Å². The second-order valence-electron chi connectivity index (χ2n) is 6.16.